The molecule has 0 unspecified atom stereocenters. The van der Waals surface area contributed by atoms with Gasteiger partial charge in [-0.15, -0.1) is 0 Å². The quantitative estimate of drug-likeness (QED) is 0.137. The van der Waals surface area contributed by atoms with Crippen LogP contribution < -0.4 is 0 Å². The van der Waals surface area contributed by atoms with E-state index in [1.807, 2.05) is 54.7 Å². The van der Waals surface area contributed by atoms with Crippen molar-refractivity contribution < 1.29 is 0 Å². The Labute approximate surface area is 291 Å². The highest BCUT2D eigenvalue weighted by atomic mass is 15.0. The molecule has 6 nitrogen and oxygen atoms in total. The lowest BCUT2D eigenvalue weighted by Crippen LogP contribution is -2.48. The molecule has 4 saturated carbocycles. The SMILES string of the molecule is [C-]#[N+]c1ccc(-c2nc(-c3ccccc3)nc(-c3ccnc4c3ccc3ccc(-c5ccc(C67CC8CC(CC(C8)C6)C7)cc5)nc34)n2)cc1. The Bertz CT molecular complexity index is 2430. The summed E-state index contributed by atoms with van der Waals surface area (Å²) in [5.74, 6) is 4.49. The van der Waals surface area contributed by atoms with E-state index in [1.54, 1.807) is 12.1 Å². The average Bonchev–Trinajstić information content (AvgIpc) is 3.17. The fourth-order valence-electron chi connectivity index (χ4n) is 9.64. The molecule has 4 aliphatic rings. The molecule has 50 heavy (non-hydrogen) atoms. The molecule has 6 heteroatoms. The fraction of sp³-hybridized carbons (Fsp3) is 0.227. The first-order chi connectivity index (χ1) is 24.6. The lowest BCUT2D eigenvalue weighted by Gasteiger charge is -2.57. The molecule has 0 radical (unpaired) electrons. The van der Waals surface area contributed by atoms with Crippen LogP contribution in [0, 0.1) is 24.3 Å². The number of aromatic nitrogens is 5. The van der Waals surface area contributed by atoms with E-state index in [-0.39, 0.29) is 0 Å². The molecule has 4 fully saturated rings. The summed E-state index contributed by atoms with van der Waals surface area (Å²) < 4.78 is 0. The molecule has 0 spiro atoms. The zero-order chi connectivity index (χ0) is 33.2. The van der Waals surface area contributed by atoms with Crippen LogP contribution in [-0.2, 0) is 5.41 Å². The van der Waals surface area contributed by atoms with Gasteiger partial charge < -0.3 is 0 Å². The van der Waals surface area contributed by atoms with Crippen LogP contribution in [-0.4, -0.2) is 24.9 Å². The van der Waals surface area contributed by atoms with Crippen LogP contribution >= 0.6 is 0 Å². The highest BCUT2D eigenvalue weighted by Gasteiger charge is 2.51. The molecule has 0 saturated heterocycles. The number of rotatable bonds is 5. The Morgan fingerprint density at radius 2 is 1.18 bits per heavy atom. The molecule has 0 amide bonds. The van der Waals surface area contributed by atoms with Gasteiger partial charge in [-0.05, 0) is 79.4 Å². The minimum absolute atomic E-state index is 0.386. The Morgan fingerprint density at radius 3 is 1.86 bits per heavy atom. The van der Waals surface area contributed by atoms with Crippen LogP contribution in [0.25, 0.3) is 72.1 Å². The molecule has 0 atom stereocenters. The maximum atomic E-state index is 7.36. The highest BCUT2D eigenvalue weighted by molar-refractivity contribution is 6.08. The molecule has 0 aliphatic heterocycles. The molecule has 4 aromatic carbocycles. The van der Waals surface area contributed by atoms with Gasteiger partial charge in [0.2, 0.25) is 0 Å². The van der Waals surface area contributed by atoms with E-state index in [9.17, 15) is 0 Å². The van der Waals surface area contributed by atoms with Gasteiger partial charge in [-0.3, -0.25) is 4.98 Å². The summed E-state index contributed by atoms with van der Waals surface area (Å²) >= 11 is 0. The lowest BCUT2D eigenvalue weighted by molar-refractivity contribution is -0.00518. The number of hydrogen-bond donors (Lipinski definition) is 0. The van der Waals surface area contributed by atoms with Gasteiger partial charge in [0, 0.05) is 39.2 Å². The van der Waals surface area contributed by atoms with Crippen molar-refractivity contribution in [3.63, 3.8) is 0 Å². The van der Waals surface area contributed by atoms with Crippen LogP contribution in [0.4, 0.5) is 5.69 Å². The number of pyridine rings is 2. The first-order valence-electron chi connectivity index (χ1n) is 17.7. The Morgan fingerprint density at radius 1 is 0.560 bits per heavy atom. The van der Waals surface area contributed by atoms with E-state index in [2.05, 4.69) is 53.4 Å². The van der Waals surface area contributed by atoms with E-state index >= 15 is 0 Å². The average molecular weight is 647 g/mol. The number of fused-ring (bicyclic) bond motifs is 3. The predicted octanol–water partition coefficient (Wildman–Crippen LogP) is 10.7. The molecule has 11 rings (SSSR count). The largest absolute Gasteiger partial charge is 0.254 e. The van der Waals surface area contributed by atoms with Crippen LogP contribution in [0.15, 0.2) is 115 Å². The smallest absolute Gasteiger partial charge is 0.187 e. The van der Waals surface area contributed by atoms with Crippen LogP contribution in [0.2, 0.25) is 0 Å². The van der Waals surface area contributed by atoms with Gasteiger partial charge in [0.05, 0.1) is 23.3 Å². The lowest BCUT2D eigenvalue weighted by atomic mass is 9.48. The summed E-state index contributed by atoms with van der Waals surface area (Å²) in [4.78, 5) is 28.5. The van der Waals surface area contributed by atoms with Crippen molar-refractivity contribution in [3.8, 4) is 45.4 Å². The molecule has 3 aromatic heterocycles. The molecule has 0 N–H and O–H groups in total. The van der Waals surface area contributed by atoms with Crippen molar-refractivity contribution in [2.24, 2.45) is 17.8 Å². The van der Waals surface area contributed by atoms with Crippen LogP contribution in [0.3, 0.4) is 0 Å². The highest BCUT2D eigenvalue weighted by Crippen LogP contribution is 2.60. The summed E-state index contributed by atoms with van der Waals surface area (Å²) in [5, 5.41) is 1.97. The fourth-order valence-corrected chi connectivity index (χ4v) is 9.64. The topological polar surface area (TPSA) is 68.8 Å². The molecule has 4 aliphatic carbocycles. The Balaban J connectivity index is 1.06. The first kappa shape index (κ1) is 29.1. The van der Waals surface area contributed by atoms with Crippen molar-refractivity contribution in [3.05, 3.63) is 132 Å². The van der Waals surface area contributed by atoms with E-state index in [0.717, 1.165) is 67.5 Å². The Hall–Kier alpha value is -5.80. The second kappa shape index (κ2) is 11.4. The van der Waals surface area contributed by atoms with Gasteiger partial charge in [0.15, 0.2) is 23.2 Å². The molecule has 240 valence electrons. The van der Waals surface area contributed by atoms with Gasteiger partial charge in [0.1, 0.15) is 0 Å². The standard InChI is InChI=1S/C44H34N6/c1-45-35-15-9-33(10-16-35)42-48-41(32-5-3-2-4-6-32)49-43(50-42)37-19-20-46-40-36(37)17-11-31-12-18-38(47-39(31)40)30-7-13-34(14-8-30)44-24-27-21-28(25-44)23-29(22-27)26-44/h2-20,27-29H,21-26H2. The van der Waals surface area contributed by atoms with E-state index in [1.165, 1.54) is 44.1 Å². The third-order valence-corrected chi connectivity index (χ3v) is 11.6. The summed E-state index contributed by atoms with van der Waals surface area (Å²) in [6, 6.07) is 37.1. The second-order valence-electron chi connectivity index (χ2n) is 14.7. The zero-order valence-electron chi connectivity index (χ0n) is 27.6. The third-order valence-electron chi connectivity index (χ3n) is 11.6. The van der Waals surface area contributed by atoms with Crippen molar-refractivity contribution in [1.82, 2.24) is 24.9 Å². The van der Waals surface area contributed by atoms with E-state index in [0.29, 0.717) is 28.6 Å². The van der Waals surface area contributed by atoms with Gasteiger partial charge >= 0.3 is 0 Å². The predicted molar refractivity (Wildman–Crippen MR) is 198 cm³/mol. The van der Waals surface area contributed by atoms with Crippen molar-refractivity contribution in [2.75, 3.05) is 0 Å². The van der Waals surface area contributed by atoms with Gasteiger partial charge in [-0.1, -0.05) is 97.1 Å². The van der Waals surface area contributed by atoms with Gasteiger partial charge in [-0.2, -0.15) is 0 Å². The third kappa shape index (κ3) is 4.88. The molecule has 3 heterocycles. The van der Waals surface area contributed by atoms with Crippen LogP contribution in [0.1, 0.15) is 44.1 Å². The van der Waals surface area contributed by atoms with Gasteiger partial charge in [-0.25, -0.2) is 24.8 Å². The normalized spacial score (nSPS) is 22.2. The molecular formula is C44H34N6. The van der Waals surface area contributed by atoms with Gasteiger partial charge in [0.25, 0.3) is 0 Å². The molecule has 4 bridgehead atoms. The number of benzene rings is 4. The number of nitrogens with zero attached hydrogens (tertiary/aromatic N) is 6. The zero-order valence-corrected chi connectivity index (χ0v) is 27.6. The van der Waals surface area contributed by atoms with Crippen molar-refractivity contribution in [1.29, 1.82) is 0 Å². The second-order valence-corrected chi connectivity index (χ2v) is 14.7. The van der Waals surface area contributed by atoms with Crippen molar-refractivity contribution >= 4 is 27.5 Å². The van der Waals surface area contributed by atoms with E-state index < -0.39 is 0 Å². The molecule has 7 aromatic rings. The first-order valence-corrected chi connectivity index (χ1v) is 17.7. The summed E-state index contributed by atoms with van der Waals surface area (Å²) in [7, 11) is 0. The Kier molecular flexibility index (Phi) is 6.64. The number of hydrogen-bond acceptors (Lipinski definition) is 5. The maximum Gasteiger partial charge on any atom is 0.187 e. The van der Waals surface area contributed by atoms with Crippen LogP contribution in [0.5, 0.6) is 0 Å². The maximum absolute atomic E-state index is 7.36. The van der Waals surface area contributed by atoms with E-state index in [4.69, 9.17) is 31.5 Å². The minimum atomic E-state index is 0.386. The summed E-state index contributed by atoms with van der Waals surface area (Å²) in [6.07, 6.45) is 10.3. The monoisotopic (exact) mass is 646 g/mol. The van der Waals surface area contributed by atoms with Crippen molar-refractivity contribution in [2.45, 2.75) is 43.9 Å². The summed E-state index contributed by atoms with van der Waals surface area (Å²) in [5.41, 5.74) is 8.84. The summed E-state index contributed by atoms with van der Waals surface area (Å²) in [6.45, 7) is 7.36. The molecular weight excluding hydrogens is 613 g/mol. The minimum Gasteiger partial charge on any atom is -0.254 e.